The predicted molar refractivity (Wildman–Crippen MR) is 31.8 cm³/mol. The zero-order valence-corrected chi connectivity index (χ0v) is 5.76. The van der Waals surface area contributed by atoms with Gasteiger partial charge < -0.3 is 9.84 Å². The van der Waals surface area contributed by atoms with E-state index in [1.54, 1.807) is 0 Å². The summed E-state index contributed by atoms with van der Waals surface area (Å²) in [6.07, 6.45) is -0.246. The Balaban J connectivity index is 3.03. The number of aliphatic hydroxyl groups is 1. The first-order chi connectivity index (χ1) is 3.81. The summed E-state index contributed by atoms with van der Waals surface area (Å²) in [6, 6.07) is 0. The molecule has 0 rings (SSSR count). The van der Waals surface area contributed by atoms with Crippen molar-refractivity contribution >= 4 is 8.46 Å². The van der Waals surface area contributed by atoms with Gasteiger partial charge in [-0.15, -0.1) is 0 Å². The standard InChI is InChI=1S/C4H9O3P/c1-7-2-4(5)3-8-6/h4-5H,2-3H2,1H3/p+1. The molecule has 0 bridgehead atoms. The number of hydrogen-bond donors (Lipinski definition) is 1. The van der Waals surface area contributed by atoms with Gasteiger partial charge in [0.15, 0.2) is 6.16 Å². The lowest BCUT2D eigenvalue weighted by Crippen LogP contribution is -2.14. The van der Waals surface area contributed by atoms with Gasteiger partial charge in [-0.3, -0.25) is 0 Å². The lowest BCUT2D eigenvalue weighted by atomic mass is 10.4. The van der Waals surface area contributed by atoms with Gasteiger partial charge in [-0.25, -0.2) is 0 Å². The van der Waals surface area contributed by atoms with Crippen molar-refractivity contribution in [2.45, 2.75) is 6.10 Å². The molecule has 0 aromatic heterocycles. The van der Waals surface area contributed by atoms with E-state index in [-0.39, 0.29) is 6.61 Å². The fraction of sp³-hybridized carbons (Fsp3) is 1.00. The Kier molecular flexibility index (Phi) is 5.18. The van der Waals surface area contributed by atoms with Gasteiger partial charge in [0.25, 0.3) is 0 Å². The molecular formula is C4H10O3P+. The van der Waals surface area contributed by atoms with Crippen molar-refractivity contribution < 1.29 is 14.4 Å². The fourth-order valence-electron chi connectivity index (χ4n) is 0.348. The monoisotopic (exact) mass is 137 g/mol. The van der Waals surface area contributed by atoms with E-state index in [1.807, 2.05) is 0 Å². The highest BCUT2D eigenvalue weighted by Crippen LogP contribution is 1.95. The van der Waals surface area contributed by atoms with Crippen molar-refractivity contribution in [3.63, 3.8) is 0 Å². The van der Waals surface area contributed by atoms with E-state index in [1.165, 1.54) is 7.11 Å². The number of rotatable bonds is 4. The van der Waals surface area contributed by atoms with E-state index in [4.69, 9.17) is 5.11 Å². The zero-order valence-electron chi connectivity index (χ0n) is 4.76. The summed E-state index contributed by atoms with van der Waals surface area (Å²) in [4.78, 5) is 0. The second-order valence-electron chi connectivity index (χ2n) is 1.46. The first kappa shape index (κ1) is 8.02. The van der Waals surface area contributed by atoms with E-state index in [2.05, 4.69) is 4.74 Å². The second-order valence-corrected chi connectivity index (χ2v) is 2.15. The number of methoxy groups -OCH3 is 1. The number of aliphatic hydroxyl groups excluding tert-OH is 1. The van der Waals surface area contributed by atoms with Gasteiger partial charge in [0, 0.05) is 7.11 Å². The second kappa shape index (κ2) is 5.16. The highest BCUT2D eigenvalue weighted by atomic mass is 31.1. The summed E-state index contributed by atoms with van der Waals surface area (Å²) in [5, 5.41) is 8.73. The Morgan fingerprint density at radius 3 is 2.88 bits per heavy atom. The third kappa shape index (κ3) is 4.19. The Labute approximate surface area is 49.9 Å². The maximum atomic E-state index is 9.83. The minimum atomic E-state index is -0.559. The van der Waals surface area contributed by atoms with Crippen LogP contribution >= 0.6 is 8.46 Å². The molecule has 2 unspecified atom stereocenters. The van der Waals surface area contributed by atoms with Gasteiger partial charge >= 0.3 is 8.46 Å². The molecule has 0 saturated heterocycles. The maximum Gasteiger partial charge on any atom is 0.327 e. The van der Waals surface area contributed by atoms with E-state index in [0.29, 0.717) is 6.16 Å². The van der Waals surface area contributed by atoms with Crippen LogP contribution in [-0.2, 0) is 9.30 Å². The quantitative estimate of drug-likeness (QED) is 0.555. The molecule has 0 aliphatic heterocycles. The van der Waals surface area contributed by atoms with E-state index in [9.17, 15) is 4.57 Å². The summed E-state index contributed by atoms with van der Waals surface area (Å²) >= 11 is 0. The third-order valence-electron chi connectivity index (χ3n) is 0.678. The van der Waals surface area contributed by atoms with Crippen molar-refractivity contribution in [2.75, 3.05) is 19.9 Å². The van der Waals surface area contributed by atoms with E-state index < -0.39 is 14.6 Å². The SMILES string of the molecule is COCC(O)C[PH+]=O. The summed E-state index contributed by atoms with van der Waals surface area (Å²) in [7, 11) is 1.07. The van der Waals surface area contributed by atoms with E-state index in [0.717, 1.165) is 0 Å². The molecule has 0 radical (unpaired) electrons. The molecule has 0 heterocycles. The maximum absolute atomic E-state index is 9.83. The molecule has 0 amide bonds. The van der Waals surface area contributed by atoms with Crippen LogP contribution in [0.3, 0.4) is 0 Å². The molecule has 2 atom stereocenters. The summed E-state index contributed by atoms with van der Waals surface area (Å²) in [5.41, 5.74) is 0. The van der Waals surface area contributed by atoms with Gasteiger partial charge in [-0.1, -0.05) is 4.57 Å². The number of ether oxygens (including phenoxy) is 1. The summed E-state index contributed by atoms with van der Waals surface area (Å²) < 4.78 is 14.4. The van der Waals surface area contributed by atoms with Crippen LogP contribution in [-0.4, -0.2) is 31.1 Å². The van der Waals surface area contributed by atoms with Crippen LogP contribution in [0.2, 0.25) is 0 Å². The van der Waals surface area contributed by atoms with Crippen LogP contribution in [0.5, 0.6) is 0 Å². The van der Waals surface area contributed by atoms with Crippen molar-refractivity contribution in [1.29, 1.82) is 0 Å². The van der Waals surface area contributed by atoms with Crippen molar-refractivity contribution in [2.24, 2.45) is 0 Å². The minimum Gasteiger partial charge on any atom is -0.386 e. The van der Waals surface area contributed by atoms with Crippen LogP contribution in [0.15, 0.2) is 0 Å². The molecule has 0 spiro atoms. The Hall–Kier alpha value is 0.0200. The number of hydrogen-bond acceptors (Lipinski definition) is 3. The van der Waals surface area contributed by atoms with Gasteiger partial charge in [-0.2, -0.15) is 0 Å². The third-order valence-corrected chi connectivity index (χ3v) is 1.32. The zero-order chi connectivity index (χ0) is 6.41. The smallest absolute Gasteiger partial charge is 0.327 e. The first-order valence-corrected chi connectivity index (χ1v) is 3.44. The molecule has 1 N–H and O–H groups in total. The largest absolute Gasteiger partial charge is 0.386 e. The van der Waals surface area contributed by atoms with Crippen LogP contribution < -0.4 is 0 Å². The van der Waals surface area contributed by atoms with Gasteiger partial charge in [0.2, 0.25) is 0 Å². The lowest BCUT2D eigenvalue weighted by molar-refractivity contribution is 0.0788. The Morgan fingerprint density at radius 1 is 1.88 bits per heavy atom. The van der Waals surface area contributed by atoms with Crippen molar-refractivity contribution in [1.82, 2.24) is 0 Å². The van der Waals surface area contributed by atoms with Crippen molar-refractivity contribution in [3.8, 4) is 0 Å². The molecule has 0 aliphatic rings. The highest BCUT2D eigenvalue weighted by molar-refractivity contribution is 7.23. The van der Waals surface area contributed by atoms with Crippen LogP contribution in [0.25, 0.3) is 0 Å². The molecular weight excluding hydrogens is 127 g/mol. The Morgan fingerprint density at radius 2 is 2.50 bits per heavy atom. The normalized spacial score (nSPS) is 14.2. The minimum absolute atomic E-state index is 0.273. The summed E-state index contributed by atoms with van der Waals surface area (Å²) in [5.74, 6) is 0. The van der Waals surface area contributed by atoms with E-state index >= 15 is 0 Å². The van der Waals surface area contributed by atoms with Crippen LogP contribution in [0.1, 0.15) is 0 Å². The molecule has 0 saturated carbocycles. The lowest BCUT2D eigenvalue weighted by Gasteiger charge is -1.98. The molecule has 0 fully saturated rings. The predicted octanol–water partition coefficient (Wildman–Crippen LogP) is 0.0177. The highest BCUT2D eigenvalue weighted by Gasteiger charge is 2.05. The van der Waals surface area contributed by atoms with Crippen LogP contribution in [0, 0.1) is 0 Å². The topological polar surface area (TPSA) is 46.5 Å². The molecule has 8 heavy (non-hydrogen) atoms. The molecule has 0 aliphatic carbocycles. The fourth-order valence-corrected chi connectivity index (χ4v) is 0.658. The van der Waals surface area contributed by atoms with Gasteiger partial charge in [-0.05, 0) is 0 Å². The molecule has 0 aromatic rings. The molecule has 48 valence electrons. The van der Waals surface area contributed by atoms with Crippen LogP contribution in [0.4, 0.5) is 0 Å². The Bertz CT molecular complexity index is 66.3. The van der Waals surface area contributed by atoms with Gasteiger partial charge in [0.05, 0.1) is 6.61 Å². The summed E-state index contributed by atoms with van der Waals surface area (Å²) in [6.45, 7) is 0.273. The average molecular weight is 137 g/mol. The molecule has 0 aromatic carbocycles. The molecule has 3 nitrogen and oxygen atoms in total. The van der Waals surface area contributed by atoms with Crippen molar-refractivity contribution in [3.05, 3.63) is 0 Å². The average Bonchev–Trinajstić information content (AvgIpc) is 1.68. The molecule has 4 heteroatoms. The first-order valence-electron chi connectivity index (χ1n) is 2.33. The van der Waals surface area contributed by atoms with Gasteiger partial charge in [0.1, 0.15) is 6.10 Å².